The first-order valence-corrected chi connectivity index (χ1v) is 5.92. The van der Waals surface area contributed by atoms with Crippen LogP contribution in [0.15, 0.2) is 4.79 Å². The van der Waals surface area contributed by atoms with Gasteiger partial charge in [0.2, 0.25) is 0 Å². The third-order valence-corrected chi connectivity index (χ3v) is 2.97. The van der Waals surface area contributed by atoms with Gasteiger partial charge in [0.15, 0.2) is 4.77 Å². The van der Waals surface area contributed by atoms with Crippen molar-refractivity contribution in [2.24, 2.45) is 0 Å². The minimum atomic E-state index is -4.46. The molecule has 0 saturated heterocycles. The number of aromatic nitrogens is 3. The fourth-order valence-corrected chi connectivity index (χ4v) is 2.04. The molecule has 0 radical (unpaired) electrons. The van der Waals surface area contributed by atoms with Gasteiger partial charge in [-0.3, -0.25) is 9.36 Å². The quantitative estimate of drug-likeness (QED) is 0.541. The Morgan fingerprint density at radius 1 is 1.50 bits per heavy atom. The second-order valence-corrected chi connectivity index (χ2v) is 4.50. The normalized spacial score (nSPS) is 11.8. The summed E-state index contributed by atoms with van der Waals surface area (Å²) >= 11 is 5.07. The molecule has 0 saturated carbocycles. The molecule has 1 aromatic rings. The summed E-state index contributed by atoms with van der Waals surface area (Å²) < 4.78 is 38.5. The van der Waals surface area contributed by atoms with Crippen LogP contribution in [0.4, 0.5) is 13.2 Å². The standard InChI is InChI=1S/C7H7F3N3OS.Al.2H/c1-2-13-6(15)12(4-7(8,9)10)5(14)3-11-13;;;/h2,4H2,1H3;;;. The van der Waals surface area contributed by atoms with Crippen molar-refractivity contribution in [2.75, 3.05) is 0 Å². The lowest BCUT2D eigenvalue weighted by atomic mass is 10.6. The monoisotopic (exact) mass is 267 g/mol. The van der Waals surface area contributed by atoms with Gasteiger partial charge in [0.25, 0.3) is 5.56 Å². The molecule has 0 bridgehead atoms. The van der Waals surface area contributed by atoms with Crippen molar-refractivity contribution in [3.63, 3.8) is 0 Å². The predicted octanol–water partition coefficient (Wildman–Crippen LogP) is -0.385. The fourth-order valence-electron chi connectivity index (χ4n) is 1.21. The van der Waals surface area contributed by atoms with E-state index in [9.17, 15) is 18.0 Å². The molecule has 0 unspecified atom stereocenters. The van der Waals surface area contributed by atoms with E-state index in [4.69, 9.17) is 12.2 Å². The lowest BCUT2D eigenvalue weighted by Gasteiger charge is -2.13. The van der Waals surface area contributed by atoms with Crippen molar-refractivity contribution in [1.29, 1.82) is 0 Å². The second kappa shape index (κ2) is 4.69. The molecule has 0 aliphatic rings. The van der Waals surface area contributed by atoms with E-state index in [1.165, 1.54) is 4.68 Å². The van der Waals surface area contributed by atoms with Crippen LogP contribution in [0, 0.1) is 4.77 Å². The molecule has 4 nitrogen and oxygen atoms in total. The van der Waals surface area contributed by atoms with Crippen LogP contribution in [0.3, 0.4) is 0 Å². The van der Waals surface area contributed by atoms with E-state index in [1.807, 2.05) is 0 Å². The molecular weight excluding hydrogens is 258 g/mol. The zero-order chi connectivity index (χ0) is 12.5. The van der Waals surface area contributed by atoms with Crippen LogP contribution < -0.4 is 10.1 Å². The largest absolute Gasteiger partial charge is 0.406 e. The average molecular weight is 267 g/mol. The third kappa shape index (κ3) is 2.93. The van der Waals surface area contributed by atoms with E-state index in [1.54, 1.807) is 6.92 Å². The van der Waals surface area contributed by atoms with Crippen molar-refractivity contribution in [3.05, 3.63) is 15.1 Å². The SMILES string of the molecule is CCn1n[c]([AlH2])c(=O)n(CC(F)(F)F)c1=S. The minimum absolute atomic E-state index is 0.139. The zero-order valence-electron chi connectivity index (χ0n) is 8.71. The number of alkyl halides is 3. The average Bonchev–Trinajstić information content (AvgIpc) is 2.17. The molecule has 1 heterocycles. The maximum absolute atomic E-state index is 12.2. The molecule has 0 atom stereocenters. The highest BCUT2D eigenvalue weighted by molar-refractivity contribution is 7.71. The van der Waals surface area contributed by atoms with Gasteiger partial charge < -0.3 is 0 Å². The van der Waals surface area contributed by atoms with E-state index in [-0.39, 0.29) is 25.6 Å². The Balaban J connectivity index is 3.43. The van der Waals surface area contributed by atoms with Crippen molar-refractivity contribution in [2.45, 2.75) is 26.2 Å². The Kier molecular flexibility index (Phi) is 3.93. The first-order chi connectivity index (χ1) is 7.26. The molecule has 0 spiro atoms. The van der Waals surface area contributed by atoms with Gasteiger partial charge in [-0.1, -0.05) is 0 Å². The highest BCUT2D eigenvalue weighted by atomic mass is 32.1. The maximum atomic E-state index is 12.2. The van der Waals surface area contributed by atoms with E-state index in [0.29, 0.717) is 11.1 Å². The molecule has 16 heavy (non-hydrogen) atoms. The number of hydrogen-bond donors (Lipinski definition) is 0. The summed E-state index contributed by atoms with van der Waals surface area (Å²) in [5.41, 5.74) is -0.737. The summed E-state index contributed by atoms with van der Waals surface area (Å²) in [6, 6.07) is 0. The van der Waals surface area contributed by atoms with Crippen LogP contribution >= 0.6 is 12.2 Å². The first kappa shape index (κ1) is 13.4. The fraction of sp³-hybridized carbons (Fsp3) is 0.571. The van der Waals surface area contributed by atoms with Gasteiger partial charge in [-0.05, 0) is 19.1 Å². The molecule has 0 fully saturated rings. The molecule has 1 aromatic heterocycles. The van der Waals surface area contributed by atoms with Crippen LogP contribution in [0.5, 0.6) is 0 Å². The molecule has 88 valence electrons. The van der Waals surface area contributed by atoms with Gasteiger partial charge >= 0.3 is 22.5 Å². The van der Waals surface area contributed by atoms with E-state index >= 15 is 0 Å². The molecule has 1 rings (SSSR count). The van der Waals surface area contributed by atoms with Crippen molar-refractivity contribution >= 4 is 33.1 Å². The van der Waals surface area contributed by atoms with Gasteiger partial charge in [0, 0.05) is 11.1 Å². The van der Waals surface area contributed by atoms with Crippen molar-refractivity contribution in [1.82, 2.24) is 14.3 Å². The number of aryl methyl sites for hydroxylation is 1. The maximum Gasteiger partial charge on any atom is 0.406 e. The first-order valence-electron chi connectivity index (χ1n) is 4.51. The van der Waals surface area contributed by atoms with E-state index < -0.39 is 18.3 Å². The molecular formula is C7H9AlF3N3OS. The smallest absolute Gasteiger partial charge is 0.275 e. The van der Waals surface area contributed by atoms with Crippen molar-refractivity contribution in [3.8, 4) is 0 Å². The molecule has 0 amide bonds. The number of halogens is 3. The van der Waals surface area contributed by atoms with Crippen LogP contribution in [-0.2, 0) is 13.1 Å². The number of nitrogens with zero attached hydrogens (tertiary/aromatic N) is 3. The lowest BCUT2D eigenvalue weighted by Crippen LogP contribution is -2.43. The topological polar surface area (TPSA) is 39.8 Å². The molecule has 0 aromatic carbocycles. The second-order valence-electron chi connectivity index (χ2n) is 3.19. The molecule has 0 N–H and O–H groups in total. The van der Waals surface area contributed by atoms with Crippen LogP contribution in [0.25, 0.3) is 0 Å². The van der Waals surface area contributed by atoms with E-state index in [2.05, 4.69) is 5.10 Å². The Morgan fingerprint density at radius 3 is 2.50 bits per heavy atom. The summed E-state index contributed by atoms with van der Waals surface area (Å²) in [5, 5.41) is 3.85. The summed E-state index contributed by atoms with van der Waals surface area (Å²) in [7, 11) is 0. The van der Waals surface area contributed by atoms with Gasteiger partial charge in [0.1, 0.15) is 6.54 Å². The Labute approximate surface area is 102 Å². The van der Waals surface area contributed by atoms with Crippen molar-refractivity contribution < 1.29 is 13.2 Å². The third-order valence-electron chi connectivity index (χ3n) is 1.91. The van der Waals surface area contributed by atoms with Gasteiger partial charge in [-0.25, -0.2) is 4.68 Å². The number of rotatable bonds is 2. The molecule has 0 aliphatic carbocycles. The molecule has 9 heteroatoms. The lowest BCUT2D eigenvalue weighted by molar-refractivity contribution is -0.141. The highest BCUT2D eigenvalue weighted by Crippen LogP contribution is 2.16. The Morgan fingerprint density at radius 2 is 2.06 bits per heavy atom. The summed E-state index contributed by atoms with van der Waals surface area (Å²) in [4.78, 5) is 11.5. The van der Waals surface area contributed by atoms with Crippen LogP contribution in [0.2, 0.25) is 0 Å². The van der Waals surface area contributed by atoms with Crippen LogP contribution in [0.1, 0.15) is 6.92 Å². The summed E-state index contributed by atoms with van der Waals surface area (Å²) in [6.07, 6.45) is -4.46. The van der Waals surface area contributed by atoms with Gasteiger partial charge in [0.05, 0.1) is 0 Å². The van der Waals surface area contributed by atoms with Gasteiger partial charge in [-0.15, -0.1) is 0 Å². The molecule has 0 aliphatic heterocycles. The predicted molar refractivity (Wildman–Crippen MR) is 57.2 cm³/mol. The Hall–Kier alpha value is -0.648. The van der Waals surface area contributed by atoms with Crippen LogP contribution in [-0.4, -0.2) is 36.8 Å². The van der Waals surface area contributed by atoms with Gasteiger partial charge in [-0.2, -0.15) is 18.3 Å². The van der Waals surface area contributed by atoms with E-state index in [0.717, 1.165) is 0 Å². The number of hydrogen-bond acceptors (Lipinski definition) is 3. The highest BCUT2D eigenvalue weighted by Gasteiger charge is 2.29. The Bertz CT molecular complexity index is 507. The minimum Gasteiger partial charge on any atom is -0.275 e. The summed E-state index contributed by atoms with van der Waals surface area (Å²) in [6.45, 7) is 0.681. The summed E-state index contributed by atoms with van der Waals surface area (Å²) in [5.74, 6) is 0. The zero-order valence-corrected chi connectivity index (χ0v) is 11.5.